The van der Waals surface area contributed by atoms with Gasteiger partial charge in [0.25, 0.3) is 0 Å². The van der Waals surface area contributed by atoms with E-state index in [9.17, 15) is 0 Å². The largest absolute Gasteiger partial charge is 0.492 e. The smallest absolute Gasteiger partial charge is 0.125 e. The van der Waals surface area contributed by atoms with E-state index in [-0.39, 0.29) is 12.4 Å². The summed E-state index contributed by atoms with van der Waals surface area (Å²) in [6.07, 6.45) is 1.85. The number of aromatic nitrogens is 1. The maximum Gasteiger partial charge on any atom is 0.125 e. The van der Waals surface area contributed by atoms with Crippen LogP contribution >= 0.6 is 23.7 Å². The Balaban J connectivity index is 0.00000192. The third kappa shape index (κ3) is 5.07. The van der Waals surface area contributed by atoms with Gasteiger partial charge >= 0.3 is 0 Å². The summed E-state index contributed by atoms with van der Waals surface area (Å²) in [6, 6.07) is 8.13. The van der Waals surface area contributed by atoms with E-state index in [1.807, 2.05) is 25.4 Å². The molecule has 1 aromatic heterocycles. The molecule has 0 bridgehead atoms. The summed E-state index contributed by atoms with van der Waals surface area (Å²) in [4.78, 5) is 6.77. The van der Waals surface area contributed by atoms with Crippen LogP contribution in [0.2, 0.25) is 0 Å². The van der Waals surface area contributed by atoms with Crippen molar-refractivity contribution < 1.29 is 9.47 Å². The van der Waals surface area contributed by atoms with Gasteiger partial charge in [0.2, 0.25) is 0 Å². The van der Waals surface area contributed by atoms with Gasteiger partial charge in [0, 0.05) is 32.2 Å². The van der Waals surface area contributed by atoms with Crippen LogP contribution in [-0.2, 0) is 4.74 Å². The van der Waals surface area contributed by atoms with E-state index in [2.05, 4.69) is 27.3 Å². The molecular formula is C16H22ClN3O2S. The summed E-state index contributed by atoms with van der Waals surface area (Å²) < 4.78 is 11.2. The van der Waals surface area contributed by atoms with Crippen LogP contribution in [0.3, 0.4) is 0 Å². The Morgan fingerprint density at radius 1 is 1.26 bits per heavy atom. The van der Waals surface area contributed by atoms with Crippen molar-refractivity contribution in [3.8, 4) is 16.3 Å². The summed E-state index contributed by atoms with van der Waals surface area (Å²) in [7, 11) is 1.91. The van der Waals surface area contributed by atoms with Crippen molar-refractivity contribution >= 4 is 28.7 Å². The first kappa shape index (κ1) is 18.0. The van der Waals surface area contributed by atoms with Crippen molar-refractivity contribution in [3.05, 3.63) is 30.5 Å². The fourth-order valence-corrected chi connectivity index (χ4v) is 3.11. The molecule has 7 heteroatoms. The number of thiazole rings is 1. The first-order valence-electron chi connectivity index (χ1n) is 7.52. The molecule has 5 nitrogen and oxygen atoms in total. The number of morpholine rings is 1. The summed E-state index contributed by atoms with van der Waals surface area (Å²) in [5.74, 6) is 0.905. The number of benzene rings is 1. The van der Waals surface area contributed by atoms with Gasteiger partial charge in [0.15, 0.2) is 0 Å². The van der Waals surface area contributed by atoms with Crippen molar-refractivity contribution in [3.63, 3.8) is 0 Å². The topological polar surface area (TPSA) is 46.6 Å². The lowest BCUT2D eigenvalue weighted by Gasteiger charge is -2.26. The average molecular weight is 356 g/mol. The van der Waals surface area contributed by atoms with Crippen LogP contribution in [0.15, 0.2) is 30.5 Å². The minimum Gasteiger partial charge on any atom is -0.492 e. The maximum atomic E-state index is 5.81. The molecule has 126 valence electrons. The molecule has 1 N–H and O–H groups in total. The Kier molecular flexibility index (Phi) is 7.11. The predicted octanol–water partition coefficient (Wildman–Crippen LogP) is 2.98. The van der Waals surface area contributed by atoms with Crippen molar-refractivity contribution in [2.45, 2.75) is 0 Å². The molecule has 1 aliphatic rings. The van der Waals surface area contributed by atoms with Crippen LogP contribution in [0.5, 0.6) is 5.75 Å². The van der Waals surface area contributed by atoms with Gasteiger partial charge in [-0.15, -0.1) is 12.4 Å². The number of ether oxygens (including phenoxy) is 2. The monoisotopic (exact) mass is 355 g/mol. The number of hydrogen-bond donors (Lipinski definition) is 1. The lowest BCUT2D eigenvalue weighted by Crippen LogP contribution is -2.38. The minimum absolute atomic E-state index is 0. The van der Waals surface area contributed by atoms with Gasteiger partial charge in [-0.2, -0.15) is 0 Å². The Labute approximate surface area is 147 Å². The zero-order chi connectivity index (χ0) is 15.2. The first-order chi connectivity index (χ1) is 10.8. The fraction of sp³-hybridized carbons (Fsp3) is 0.438. The first-order valence-corrected chi connectivity index (χ1v) is 8.34. The van der Waals surface area contributed by atoms with Gasteiger partial charge in [-0.05, 0) is 24.3 Å². The standard InChI is InChI=1S/C16H21N3O2S.ClH/c1-17-15-12-18-16(22-15)13-2-4-14(5-3-13)21-11-8-19-6-9-20-10-7-19;/h2-5,12,17H,6-11H2,1H3;1H. The molecule has 0 unspecified atom stereocenters. The molecule has 1 saturated heterocycles. The van der Waals surface area contributed by atoms with Crippen LogP contribution in [0, 0.1) is 0 Å². The summed E-state index contributed by atoms with van der Waals surface area (Å²) in [5, 5.41) is 5.19. The van der Waals surface area contributed by atoms with Gasteiger partial charge < -0.3 is 14.8 Å². The number of nitrogens with one attached hydrogen (secondary N) is 1. The summed E-state index contributed by atoms with van der Waals surface area (Å²) in [6.45, 7) is 5.32. The zero-order valence-electron chi connectivity index (χ0n) is 13.2. The lowest BCUT2D eigenvalue weighted by atomic mass is 10.2. The molecule has 0 saturated carbocycles. The van der Waals surface area contributed by atoms with Crippen LogP contribution in [-0.4, -0.2) is 56.4 Å². The van der Waals surface area contributed by atoms with E-state index in [1.165, 1.54) is 0 Å². The third-order valence-corrected chi connectivity index (χ3v) is 4.70. The molecule has 23 heavy (non-hydrogen) atoms. The number of anilines is 1. The molecule has 1 aromatic carbocycles. The lowest BCUT2D eigenvalue weighted by molar-refractivity contribution is 0.0322. The molecule has 2 aromatic rings. The summed E-state index contributed by atoms with van der Waals surface area (Å²) in [5.41, 5.74) is 1.12. The zero-order valence-corrected chi connectivity index (χ0v) is 14.8. The van der Waals surface area contributed by atoms with Gasteiger partial charge in [-0.1, -0.05) is 11.3 Å². The highest BCUT2D eigenvalue weighted by atomic mass is 35.5. The van der Waals surface area contributed by atoms with E-state index in [0.29, 0.717) is 6.61 Å². The van der Waals surface area contributed by atoms with Gasteiger partial charge in [0.05, 0.1) is 19.4 Å². The highest BCUT2D eigenvalue weighted by Gasteiger charge is 2.10. The van der Waals surface area contributed by atoms with Crippen molar-refractivity contribution in [1.29, 1.82) is 0 Å². The molecule has 0 spiro atoms. The van der Waals surface area contributed by atoms with E-state index >= 15 is 0 Å². The van der Waals surface area contributed by atoms with Crippen molar-refractivity contribution in [2.75, 3.05) is 51.8 Å². The number of halogens is 1. The summed E-state index contributed by atoms with van der Waals surface area (Å²) >= 11 is 1.65. The quantitative estimate of drug-likeness (QED) is 0.863. The molecule has 0 atom stereocenters. The van der Waals surface area contributed by atoms with E-state index in [0.717, 1.165) is 54.2 Å². The SMILES string of the molecule is CNc1cnc(-c2ccc(OCCN3CCOCC3)cc2)s1.Cl. The van der Waals surface area contributed by atoms with E-state index in [1.54, 1.807) is 11.3 Å². The van der Waals surface area contributed by atoms with Gasteiger partial charge in [-0.3, -0.25) is 4.90 Å². The second kappa shape index (κ2) is 9.08. The van der Waals surface area contributed by atoms with Crippen LogP contribution in [0.25, 0.3) is 10.6 Å². The molecule has 0 amide bonds. The second-order valence-corrected chi connectivity index (χ2v) is 6.14. The molecule has 0 radical (unpaired) electrons. The Morgan fingerprint density at radius 3 is 2.65 bits per heavy atom. The number of rotatable bonds is 6. The molecular weight excluding hydrogens is 334 g/mol. The normalized spacial score (nSPS) is 15.0. The minimum atomic E-state index is 0. The van der Waals surface area contributed by atoms with Crippen molar-refractivity contribution in [1.82, 2.24) is 9.88 Å². The molecule has 0 aliphatic carbocycles. The number of nitrogens with zero attached hydrogens (tertiary/aromatic N) is 2. The number of hydrogen-bond acceptors (Lipinski definition) is 6. The van der Waals surface area contributed by atoms with Crippen LogP contribution in [0.4, 0.5) is 5.00 Å². The van der Waals surface area contributed by atoms with Crippen LogP contribution < -0.4 is 10.1 Å². The second-order valence-electron chi connectivity index (χ2n) is 5.11. The van der Waals surface area contributed by atoms with Crippen LogP contribution in [0.1, 0.15) is 0 Å². The molecule has 1 fully saturated rings. The Bertz CT molecular complexity index is 585. The average Bonchev–Trinajstić information content (AvgIpc) is 3.06. The molecule has 3 rings (SSSR count). The molecule has 1 aliphatic heterocycles. The third-order valence-electron chi connectivity index (χ3n) is 3.63. The van der Waals surface area contributed by atoms with E-state index < -0.39 is 0 Å². The van der Waals surface area contributed by atoms with Gasteiger partial charge in [0.1, 0.15) is 22.4 Å². The van der Waals surface area contributed by atoms with Crippen molar-refractivity contribution in [2.24, 2.45) is 0 Å². The highest BCUT2D eigenvalue weighted by molar-refractivity contribution is 7.18. The fourth-order valence-electron chi connectivity index (χ4n) is 2.33. The van der Waals surface area contributed by atoms with E-state index in [4.69, 9.17) is 9.47 Å². The Morgan fingerprint density at radius 2 is 2.00 bits per heavy atom. The maximum absolute atomic E-state index is 5.81. The highest BCUT2D eigenvalue weighted by Crippen LogP contribution is 2.29. The molecule has 2 heterocycles. The Hall–Kier alpha value is -1.34. The van der Waals surface area contributed by atoms with Gasteiger partial charge in [-0.25, -0.2) is 4.98 Å². The predicted molar refractivity (Wildman–Crippen MR) is 97.1 cm³/mol.